The Morgan fingerprint density at radius 1 is 0.842 bits per heavy atom. The zero-order valence-corrected chi connectivity index (χ0v) is 34.3. The molecule has 1 aliphatic rings. The number of nitrogens with zero attached hydrogens (tertiary/aromatic N) is 3. The molecule has 1 aliphatic heterocycles. The molecule has 0 amide bonds. The molecule has 1 saturated heterocycles. The van der Waals surface area contributed by atoms with Crippen molar-refractivity contribution in [2.45, 2.75) is 76.7 Å². The first-order valence-electron chi connectivity index (χ1n) is 19.1. The van der Waals surface area contributed by atoms with Gasteiger partial charge in [0.05, 0.1) is 20.8 Å². The van der Waals surface area contributed by atoms with Crippen LogP contribution in [-0.2, 0) is 19.6 Å². The van der Waals surface area contributed by atoms with Gasteiger partial charge in [0.25, 0.3) is 5.56 Å². The summed E-state index contributed by atoms with van der Waals surface area (Å²) in [6.45, 7) is 12.1. The first-order chi connectivity index (χ1) is 27.4. The first kappa shape index (κ1) is 45.3. The van der Waals surface area contributed by atoms with E-state index in [2.05, 4.69) is 35.6 Å². The van der Waals surface area contributed by atoms with Crippen molar-refractivity contribution in [2.24, 2.45) is 0 Å². The Morgan fingerprint density at radius 2 is 1.39 bits per heavy atom. The maximum atomic E-state index is 13.4. The lowest BCUT2D eigenvalue weighted by Crippen LogP contribution is -2.60. The molecule has 16 heteroatoms. The minimum atomic E-state index is -3.39. The molecule has 0 radical (unpaired) electrons. The summed E-state index contributed by atoms with van der Waals surface area (Å²) in [6, 6.07) is 25.0. The Bertz CT molecular complexity index is 1900. The van der Waals surface area contributed by atoms with Gasteiger partial charge in [-0.05, 0) is 78.3 Å². The Hall–Kier alpha value is -4.44. The normalized spacial score (nSPS) is 19.5. The van der Waals surface area contributed by atoms with Crippen molar-refractivity contribution in [3.05, 3.63) is 129 Å². The van der Waals surface area contributed by atoms with Crippen LogP contribution in [0.1, 0.15) is 69.9 Å². The second-order valence-corrected chi connectivity index (χ2v) is 14.0. The van der Waals surface area contributed by atoms with E-state index in [0.717, 1.165) is 35.2 Å². The van der Waals surface area contributed by atoms with Gasteiger partial charge in [-0.3, -0.25) is 14.7 Å². The van der Waals surface area contributed by atoms with E-state index in [9.17, 15) is 29.3 Å². The van der Waals surface area contributed by atoms with Crippen LogP contribution in [0, 0.1) is 0 Å². The lowest BCUT2D eigenvalue weighted by atomic mass is 9.80. The fourth-order valence-corrected chi connectivity index (χ4v) is 7.08. The van der Waals surface area contributed by atoms with E-state index < -0.39 is 49.3 Å². The largest absolute Gasteiger partial charge is 0.768 e. The van der Waals surface area contributed by atoms with Gasteiger partial charge in [-0.25, -0.2) is 4.79 Å². The molecular formula is C41H56N4O11P+. The van der Waals surface area contributed by atoms with E-state index >= 15 is 0 Å². The minimum Gasteiger partial charge on any atom is -0.497 e. The number of hydrogen-bond donors (Lipinski definition) is 4. The Balaban J connectivity index is 0.000000940. The van der Waals surface area contributed by atoms with Gasteiger partial charge in [0, 0.05) is 16.8 Å². The molecule has 57 heavy (non-hydrogen) atoms. The van der Waals surface area contributed by atoms with Gasteiger partial charge >= 0.3 is 13.9 Å². The average molecular weight is 812 g/mol. The monoisotopic (exact) mass is 811 g/mol. The molecule has 4 N–H and O–H groups in total. The smallest absolute Gasteiger partial charge is 0.497 e. The molecule has 0 bridgehead atoms. The van der Waals surface area contributed by atoms with Crippen LogP contribution in [0.15, 0.2) is 101 Å². The minimum absolute atomic E-state index is 0.0869. The quantitative estimate of drug-likeness (QED) is 0.0459. The predicted molar refractivity (Wildman–Crippen MR) is 215 cm³/mol. The highest BCUT2D eigenvalue weighted by Crippen LogP contribution is 2.43. The maximum Gasteiger partial charge on any atom is 0.768 e. The lowest BCUT2D eigenvalue weighted by Gasteiger charge is -2.37. The molecule has 5 atom stereocenters. The summed E-state index contributed by atoms with van der Waals surface area (Å²) in [7, 11) is -0.248. The van der Waals surface area contributed by atoms with E-state index in [1.54, 1.807) is 38.5 Å². The van der Waals surface area contributed by atoms with Crippen molar-refractivity contribution in [3.8, 4) is 11.5 Å². The third kappa shape index (κ3) is 10.6. The summed E-state index contributed by atoms with van der Waals surface area (Å²) < 4.78 is 40.8. The fraction of sp³-hybridized carbons (Fsp3) is 0.463. The number of benzene rings is 3. The number of ether oxygens (including phenoxy) is 4. The molecular weight excluding hydrogens is 755 g/mol. The van der Waals surface area contributed by atoms with E-state index in [-0.39, 0.29) is 17.9 Å². The van der Waals surface area contributed by atoms with Crippen LogP contribution in [0.2, 0.25) is 0 Å². The first-order valence-corrected chi connectivity index (χ1v) is 20.3. The third-order valence-corrected chi connectivity index (χ3v) is 10.3. The van der Waals surface area contributed by atoms with Crippen LogP contribution in [0.25, 0.3) is 0 Å². The van der Waals surface area contributed by atoms with Gasteiger partial charge < -0.3 is 34.1 Å². The number of rotatable bonds is 19. The fourth-order valence-electron chi connectivity index (χ4n) is 6.79. The molecule has 1 aromatic heterocycles. The summed E-state index contributed by atoms with van der Waals surface area (Å²) in [5, 5.41) is 26.7. The Kier molecular flexibility index (Phi) is 17.0. The number of aromatic nitrogens is 2. The number of methoxy groups -OCH3 is 2. The highest BCUT2D eigenvalue weighted by Gasteiger charge is 2.57. The molecule has 5 rings (SSSR count). The van der Waals surface area contributed by atoms with Crippen molar-refractivity contribution >= 4 is 8.25 Å². The third-order valence-electron chi connectivity index (χ3n) is 10.0. The number of unbranched alkanes of at least 4 members (excludes halogenated alkanes) is 2. The second-order valence-electron chi connectivity index (χ2n) is 13.3. The van der Waals surface area contributed by atoms with Crippen molar-refractivity contribution in [2.75, 3.05) is 47.0 Å². The zero-order valence-electron chi connectivity index (χ0n) is 33.4. The summed E-state index contributed by atoms with van der Waals surface area (Å²) in [5.41, 5.74) is -3.63. The maximum absolute atomic E-state index is 13.4. The number of aliphatic hydroxyl groups is 2. The molecule has 1 unspecified atom stereocenters. The summed E-state index contributed by atoms with van der Waals surface area (Å²) in [5.74, 6) is 1.26. The van der Waals surface area contributed by atoms with E-state index in [4.69, 9.17) is 18.9 Å². The molecule has 15 nitrogen and oxygen atoms in total. The second kappa shape index (κ2) is 21.4. The number of hydrogen-bond acceptors (Lipinski definition) is 12. The van der Waals surface area contributed by atoms with Gasteiger partial charge in [-0.1, -0.05) is 95.1 Å². The van der Waals surface area contributed by atoms with E-state index in [1.165, 1.54) is 19.6 Å². The highest BCUT2D eigenvalue weighted by atomic mass is 31.1. The van der Waals surface area contributed by atoms with Gasteiger partial charge in [-0.2, -0.15) is 0 Å². The van der Waals surface area contributed by atoms with Crippen LogP contribution in [0.3, 0.4) is 0 Å². The topological polar surface area (TPSA) is 183 Å². The van der Waals surface area contributed by atoms with Crippen LogP contribution in [-0.4, -0.2) is 94.2 Å². The molecule has 0 saturated carbocycles. The molecule has 0 aliphatic carbocycles. The summed E-state index contributed by atoms with van der Waals surface area (Å²) >= 11 is 0. The molecule has 1 fully saturated rings. The van der Waals surface area contributed by atoms with Gasteiger partial charge in [0.1, 0.15) is 29.3 Å². The number of aliphatic hydroxyl groups excluding tert-OH is 1. The Labute approximate surface area is 334 Å². The van der Waals surface area contributed by atoms with Crippen molar-refractivity contribution < 1.29 is 43.2 Å². The van der Waals surface area contributed by atoms with Gasteiger partial charge in [-0.15, -0.1) is 9.52 Å². The molecule has 310 valence electrons. The standard InChI is InChI=1S/C35H40N3O11P.C6H15N/c1-4-5-9-21-36-35(42)31(40)29(48-32(35)37-22-20-30(39)38(33(37)41)49-50(43)44)23-47-34(24-10-7-6-8-11-24,25-12-16-27(45-2)17-13-25)26-14-18-28(46-3)19-15-26;1-4-7(5-2)6-3/h6-8,10-20,22,29,31-32,36,40,42H,4-5,9,21,23H2,1-3H3;4-6H2,1-3H3/p+1/t29-,31-,32-,35-;/m1./s1. The lowest BCUT2D eigenvalue weighted by molar-refractivity contribution is -0.133. The van der Waals surface area contributed by atoms with E-state index in [1.807, 2.05) is 61.5 Å². The summed E-state index contributed by atoms with van der Waals surface area (Å²) in [4.78, 5) is 37.4. The van der Waals surface area contributed by atoms with Crippen molar-refractivity contribution in [3.63, 3.8) is 0 Å². The van der Waals surface area contributed by atoms with Crippen LogP contribution < -0.4 is 30.7 Å². The van der Waals surface area contributed by atoms with Crippen molar-refractivity contribution in [1.82, 2.24) is 19.5 Å². The molecule has 4 aromatic rings. The SMILES string of the molecule is CCCCCN[C@@]1(O)[C@H](O)[C@@H](COC(c2ccccc2)(c2ccc(OC)cc2)c2ccc(OC)cc2)O[C@H]1n1ccc(=O)n(O[P+](=O)O)c1=O.CCN(CC)CC. The van der Waals surface area contributed by atoms with Crippen LogP contribution in [0.4, 0.5) is 0 Å². The molecule has 2 heterocycles. The summed E-state index contributed by atoms with van der Waals surface area (Å²) in [6.07, 6.45) is -1.14. The Morgan fingerprint density at radius 3 is 1.86 bits per heavy atom. The molecule has 3 aromatic carbocycles. The highest BCUT2D eigenvalue weighted by molar-refractivity contribution is 7.32. The van der Waals surface area contributed by atoms with Crippen LogP contribution >= 0.6 is 8.25 Å². The number of nitrogens with one attached hydrogen (secondary N) is 1. The van der Waals surface area contributed by atoms with Gasteiger partial charge in [0.15, 0.2) is 12.0 Å². The van der Waals surface area contributed by atoms with Gasteiger partial charge in [0.2, 0.25) is 0 Å². The molecule has 0 spiro atoms. The van der Waals surface area contributed by atoms with E-state index in [0.29, 0.717) is 29.0 Å². The van der Waals surface area contributed by atoms with Crippen LogP contribution in [0.5, 0.6) is 11.5 Å². The average Bonchev–Trinajstić information content (AvgIpc) is 3.48. The predicted octanol–water partition coefficient (Wildman–Crippen LogP) is 4.19. The van der Waals surface area contributed by atoms with Crippen molar-refractivity contribution in [1.29, 1.82) is 0 Å². The zero-order chi connectivity index (χ0) is 41.6.